The van der Waals surface area contributed by atoms with Crippen LogP contribution in [0.15, 0.2) is 16.6 Å². The first-order valence-corrected chi connectivity index (χ1v) is 4.86. The van der Waals surface area contributed by atoms with E-state index in [1.807, 2.05) is 0 Å². The van der Waals surface area contributed by atoms with E-state index < -0.39 is 22.3 Å². The number of nitro groups is 1. The van der Waals surface area contributed by atoms with Crippen LogP contribution in [0.25, 0.3) is 0 Å². The van der Waals surface area contributed by atoms with E-state index >= 15 is 0 Å². The van der Waals surface area contributed by atoms with Crippen molar-refractivity contribution in [3.05, 3.63) is 32.5 Å². The van der Waals surface area contributed by atoms with Gasteiger partial charge in [0.15, 0.2) is 0 Å². The van der Waals surface area contributed by atoms with E-state index in [0.29, 0.717) is 0 Å². The summed E-state index contributed by atoms with van der Waals surface area (Å²) in [6, 6.07) is 1.93. The third-order valence-corrected chi connectivity index (χ3v) is 2.30. The molecule has 0 spiro atoms. The summed E-state index contributed by atoms with van der Waals surface area (Å²) in [5.74, 6) is -1.42. The van der Waals surface area contributed by atoms with Crippen molar-refractivity contribution in [2.45, 2.75) is 0 Å². The highest BCUT2D eigenvalue weighted by molar-refractivity contribution is 9.10. The number of nitrogens with two attached hydrogens (primary N) is 1. The summed E-state index contributed by atoms with van der Waals surface area (Å²) < 4.78 is 13.1. The average molecular weight is 292 g/mol. The molecule has 3 N–H and O–H groups in total. The number of anilines is 1. The van der Waals surface area contributed by atoms with Crippen LogP contribution < -0.4 is 11.1 Å². The number of primary amides is 1. The Labute approximate surface area is 97.9 Å². The molecule has 0 atom stereocenters. The van der Waals surface area contributed by atoms with Crippen LogP contribution in [0.3, 0.4) is 0 Å². The molecule has 1 rings (SSSR count). The summed E-state index contributed by atoms with van der Waals surface area (Å²) in [7, 11) is 0. The first-order valence-electron chi connectivity index (χ1n) is 4.07. The Morgan fingerprint density at radius 3 is 2.75 bits per heavy atom. The quantitative estimate of drug-likeness (QED) is 0.647. The maximum absolute atomic E-state index is 13.0. The van der Waals surface area contributed by atoms with Crippen LogP contribution in [-0.2, 0) is 4.79 Å². The summed E-state index contributed by atoms with van der Waals surface area (Å²) in [5.41, 5.74) is 4.45. The van der Waals surface area contributed by atoms with Gasteiger partial charge >= 0.3 is 0 Å². The summed E-state index contributed by atoms with van der Waals surface area (Å²) in [4.78, 5) is 20.4. The molecule has 1 aromatic rings. The lowest BCUT2D eigenvalue weighted by molar-refractivity contribution is -0.384. The number of amides is 1. The minimum atomic E-state index is -0.753. The number of rotatable bonds is 4. The van der Waals surface area contributed by atoms with E-state index in [1.165, 1.54) is 6.07 Å². The molecule has 16 heavy (non-hydrogen) atoms. The average Bonchev–Trinajstić information content (AvgIpc) is 2.18. The molecule has 8 heteroatoms. The molecular weight excluding hydrogens is 285 g/mol. The van der Waals surface area contributed by atoms with Gasteiger partial charge in [0, 0.05) is 0 Å². The van der Waals surface area contributed by atoms with Gasteiger partial charge in [-0.15, -0.1) is 0 Å². The lowest BCUT2D eigenvalue weighted by Crippen LogP contribution is -2.22. The minimum absolute atomic E-state index is 0.0251. The molecule has 86 valence electrons. The van der Waals surface area contributed by atoms with Crippen molar-refractivity contribution < 1.29 is 14.1 Å². The van der Waals surface area contributed by atoms with Gasteiger partial charge in [-0.25, -0.2) is 4.39 Å². The minimum Gasteiger partial charge on any atom is -0.371 e. The summed E-state index contributed by atoms with van der Waals surface area (Å²) in [6.45, 7) is -0.265. The Balaban J connectivity index is 3.09. The van der Waals surface area contributed by atoms with Gasteiger partial charge in [0.1, 0.15) is 11.5 Å². The number of carbonyl (C=O) groups excluding carboxylic acids is 1. The largest absolute Gasteiger partial charge is 0.371 e. The molecule has 0 fully saturated rings. The Kier molecular flexibility index (Phi) is 3.78. The fraction of sp³-hybridized carbons (Fsp3) is 0.125. The van der Waals surface area contributed by atoms with E-state index in [-0.39, 0.29) is 16.7 Å². The highest BCUT2D eigenvalue weighted by Crippen LogP contribution is 2.30. The van der Waals surface area contributed by atoms with Gasteiger partial charge in [-0.05, 0) is 22.0 Å². The second-order valence-electron chi connectivity index (χ2n) is 2.86. The van der Waals surface area contributed by atoms with Gasteiger partial charge < -0.3 is 11.1 Å². The van der Waals surface area contributed by atoms with E-state index in [2.05, 4.69) is 21.2 Å². The predicted molar refractivity (Wildman–Crippen MR) is 58.4 cm³/mol. The molecule has 0 aromatic heterocycles. The standard InChI is InChI=1S/C8H7BrFN3O3/c9-4-1-6(12-3-8(11)14)7(13(15)16)2-5(4)10/h1-2,12H,3H2,(H2,11,14). The van der Waals surface area contributed by atoms with Crippen molar-refractivity contribution in [3.63, 3.8) is 0 Å². The Hall–Kier alpha value is -1.70. The van der Waals surface area contributed by atoms with Crippen LogP contribution in [0.5, 0.6) is 0 Å². The van der Waals surface area contributed by atoms with Crippen LogP contribution in [0.2, 0.25) is 0 Å². The number of hydrogen-bond acceptors (Lipinski definition) is 4. The van der Waals surface area contributed by atoms with Crippen LogP contribution >= 0.6 is 15.9 Å². The van der Waals surface area contributed by atoms with Crippen molar-refractivity contribution >= 4 is 33.2 Å². The highest BCUT2D eigenvalue weighted by Gasteiger charge is 2.17. The molecule has 1 amide bonds. The third-order valence-electron chi connectivity index (χ3n) is 1.69. The Bertz CT molecular complexity index is 452. The molecule has 0 bridgehead atoms. The lowest BCUT2D eigenvalue weighted by atomic mass is 10.2. The monoisotopic (exact) mass is 291 g/mol. The third kappa shape index (κ3) is 2.89. The molecule has 0 heterocycles. The molecule has 0 unspecified atom stereocenters. The highest BCUT2D eigenvalue weighted by atomic mass is 79.9. The molecule has 0 radical (unpaired) electrons. The van der Waals surface area contributed by atoms with Gasteiger partial charge in [0.25, 0.3) is 5.69 Å². The number of halogens is 2. The van der Waals surface area contributed by atoms with Gasteiger partial charge in [-0.2, -0.15) is 0 Å². The molecule has 0 aliphatic rings. The van der Waals surface area contributed by atoms with Gasteiger partial charge in [0.2, 0.25) is 5.91 Å². The first kappa shape index (κ1) is 12.4. The number of carbonyl (C=O) groups is 1. The van der Waals surface area contributed by atoms with Crippen LogP contribution in [0.4, 0.5) is 15.8 Å². The summed E-state index contributed by atoms with van der Waals surface area (Å²) in [5, 5.41) is 13.0. The number of nitrogens with one attached hydrogen (secondary N) is 1. The first-order chi connectivity index (χ1) is 7.41. The number of nitro benzene ring substituents is 1. The van der Waals surface area contributed by atoms with Crippen LogP contribution in [0, 0.1) is 15.9 Å². The van der Waals surface area contributed by atoms with E-state index in [4.69, 9.17) is 5.73 Å². The van der Waals surface area contributed by atoms with Crippen LogP contribution in [-0.4, -0.2) is 17.4 Å². The molecule has 6 nitrogen and oxygen atoms in total. The molecule has 0 saturated heterocycles. The van der Waals surface area contributed by atoms with E-state index in [0.717, 1.165) is 6.07 Å². The molecule has 0 aliphatic heterocycles. The maximum Gasteiger partial charge on any atom is 0.295 e. The van der Waals surface area contributed by atoms with Gasteiger partial charge in [-0.3, -0.25) is 14.9 Å². The smallest absolute Gasteiger partial charge is 0.295 e. The zero-order valence-corrected chi connectivity index (χ0v) is 9.45. The topological polar surface area (TPSA) is 98.3 Å². The number of hydrogen-bond donors (Lipinski definition) is 2. The van der Waals surface area contributed by atoms with Crippen molar-refractivity contribution in [3.8, 4) is 0 Å². The number of benzene rings is 1. The second-order valence-corrected chi connectivity index (χ2v) is 3.71. The fourth-order valence-corrected chi connectivity index (χ4v) is 1.35. The molecule has 0 saturated carbocycles. The second kappa shape index (κ2) is 4.88. The fourth-order valence-electron chi connectivity index (χ4n) is 1.01. The van der Waals surface area contributed by atoms with Gasteiger partial charge in [-0.1, -0.05) is 0 Å². The Morgan fingerprint density at radius 1 is 1.62 bits per heavy atom. The Morgan fingerprint density at radius 2 is 2.25 bits per heavy atom. The molecule has 1 aromatic carbocycles. The summed E-state index contributed by atoms with van der Waals surface area (Å²) in [6.07, 6.45) is 0. The molecule has 0 aliphatic carbocycles. The zero-order valence-electron chi connectivity index (χ0n) is 7.87. The van der Waals surface area contributed by atoms with E-state index in [1.54, 1.807) is 0 Å². The maximum atomic E-state index is 13.0. The number of nitrogens with zero attached hydrogens (tertiary/aromatic N) is 1. The van der Waals surface area contributed by atoms with Crippen molar-refractivity contribution in [1.82, 2.24) is 0 Å². The molecular formula is C8H7BrFN3O3. The van der Waals surface area contributed by atoms with Crippen molar-refractivity contribution in [1.29, 1.82) is 0 Å². The van der Waals surface area contributed by atoms with Crippen molar-refractivity contribution in [2.75, 3.05) is 11.9 Å². The zero-order chi connectivity index (χ0) is 12.3. The summed E-state index contributed by atoms with van der Waals surface area (Å²) >= 11 is 2.88. The SMILES string of the molecule is NC(=O)CNc1cc(Br)c(F)cc1[N+](=O)[O-]. The lowest BCUT2D eigenvalue weighted by Gasteiger charge is -2.06. The van der Waals surface area contributed by atoms with Crippen molar-refractivity contribution in [2.24, 2.45) is 5.73 Å². The predicted octanol–water partition coefficient (Wildman–Crippen LogP) is 1.39. The normalized spacial score (nSPS) is 9.88. The van der Waals surface area contributed by atoms with E-state index in [9.17, 15) is 19.3 Å². The van der Waals surface area contributed by atoms with Gasteiger partial charge in [0.05, 0.1) is 22.0 Å². The van der Waals surface area contributed by atoms with Crippen LogP contribution in [0.1, 0.15) is 0 Å².